The van der Waals surface area contributed by atoms with Crippen molar-refractivity contribution in [2.45, 2.75) is 12.3 Å². The van der Waals surface area contributed by atoms with Gasteiger partial charge in [-0.2, -0.15) is 0 Å². The molecule has 0 fully saturated rings. The second kappa shape index (κ2) is 11.6. The number of allylic oxidation sites excluding steroid dienone is 4. The van der Waals surface area contributed by atoms with Gasteiger partial charge in [-0.15, -0.1) is 0 Å². The molecule has 4 heteroatoms. The van der Waals surface area contributed by atoms with E-state index in [0.717, 1.165) is 40.5 Å². The number of nitrogens with zero attached hydrogens (tertiary/aromatic N) is 4. The van der Waals surface area contributed by atoms with E-state index in [9.17, 15) is 0 Å². The monoisotopic (exact) mass is 640 g/mol. The first-order valence-electron chi connectivity index (χ1n) is 17.2. The van der Waals surface area contributed by atoms with Crippen molar-refractivity contribution in [2.24, 2.45) is 0 Å². The second-order valence-corrected chi connectivity index (χ2v) is 13.0. The fourth-order valence-electron chi connectivity index (χ4n) is 7.81. The van der Waals surface area contributed by atoms with Gasteiger partial charge < -0.3 is 9.13 Å². The average Bonchev–Trinajstić information content (AvgIpc) is 3.71. The lowest BCUT2D eigenvalue weighted by molar-refractivity contribution is 0.798. The van der Waals surface area contributed by atoms with Crippen LogP contribution < -0.4 is 0 Å². The van der Waals surface area contributed by atoms with E-state index >= 15 is 0 Å². The Morgan fingerprint density at radius 2 is 0.920 bits per heavy atom. The van der Waals surface area contributed by atoms with Crippen molar-refractivity contribution in [3.8, 4) is 22.6 Å². The van der Waals surface area contributed by atoms with E-state index in [1.54, 1.807) is 0 Å². The van der Waals surface area contributed by atoms with Gasteiger partial charge in [0, 0.05) is 56.4 Å². The highest BCUT2D eigenvalue weighted by atomic mass is 15.0. The van der Waals surface area contributed by atoms with Crippen LogP contribution in [0.5, 0.6) is 0 Å². The number of hydrogen-bond acceptors (Lipinski definition) is 2. The molecule has 0 aliphatic heterocycles. The highest BCUT2D eigenvalue weighted by molar-refractivity contribution is 6.12. The van der Waals surface area contributed by atoms with Crippen LogP contribution in [0.3, 0.4) is 0 Å². The Morgan fingerprint density at radius 1 is 0.460 bits per heavy atom. The molecule has 0 saturated heterocycles. The second-order valence-electron chi connectivity index (χ2n) is 13.0. The average molecular weight is 641 g/mol. The molecule has 1 aliphatic carbocycles. The fourth-order valence-corrected chi connectivity index (χ4v) is 7.81. The van der Waals surface area contributed by atoms with Gasteiger partial charge in [-0.25, -0.2) is 9.97 Å². The molecule has 1 unspecified atom stereocenters. The smallest absolute Gasteiger partial charge is 0.160 e. The molecule has 1 atom stereocenters. The summed E-state index contributed by atoms with van der Waals surface area (Å²) in [7, 11) is 0. The standard InChI is InChI=1S/C46H32N4/c1-3-15-31(16-4-1)40-30-41(48-46(47-40)32-17-5-2-6-18-32)33-27-34(49-42-23-11-7-19-36(42)37-20-8-12-24-43(37)49)29-35(28-33)50-44-25-13-9-21-38(44)39-22-10-14-26-45(39)50/h1-27,29-30,33H,28H2. The number of para-hydroxylation sites is 4. The van der Waals surface area contributed by atoms with E-state index in [1.807, 2.05) is 12.1 Å². The lowest BCUT2D eigenvalue weighted by Gasteiger charge is -2.25. The minimum atomic E-state index is -0.0160. The fraction of sp³-hybridized carbons (Fsp3) is 0.0435. The largest absolute Gasteiger partial charge is 0.313 e. The van der Waals surface area contributed by atoms with Crippen LogP contribution in [0.4, 0.5) is 0 Å². The molecule has 236 valence electrons. The Labute approximate surface area is 289 Å². The molecule has 0 N–H and O–H groups in total. The van der Waals surface area contributed by atoms with Crippen LogP contribution in [-0.4, -0.2) is 19.1 Å². The molecule has 1 aliphatic rings. The molecule has 3 aromatic heterocycles. The topological polar surface area (TPSA) is 35.6 Å². The third kappa shape index (κ3) is 4.61. The normalized spacial score (nSPS) is 14.8. The van der Waals surface area contributed by atoms with Gasteiger partial charge in [0.1, 0.15) is 0 Å². The number of hydrogen-bond donors (Lipinski definition) is 0. The van der Waals surface area contributed by atoms with Gasteiger partial charge in [-0.1, -0.05) is 140 Å². The molecule has 10 rings (SSSR count). The summed E-state index contributed by atoms with van der Waals surface area (Å²) in [4.78, 5) is 10.4. The van der Waals surface area contributed by atoms with Crippen molar-refractivity contribution in [2.75, 3.05) is 0 Å². The lowest BCUT2D eigenvalue weighted by atomic mass is 9.91. The molecule has 0 spiro atoms. The van der Waals surface area contributed by atoms with Crippen molar-refractivity contribution >= 4 is 55.0 Å². The first kappa shape index (κ1) is 28.5. The van der Waals surface area contributed by atoms with E-state index in [-0.39, 0.29) is 5.92 Å². The highest BCUT2D eigenvalue weighted by Gasteiger charge is 2.26. The highest BCUT2D eigenvalue weighted by Crippen LogP contribution is 2.42. The number of fused-ring (bicyclic) bond motifs is 6. The summed E-state index contributed by atoms with van der Waals surface area (Å²) in [6, 6.07) is 58.0. The maximum absolute atomic E-state index is 5.33. The van der Waals surface area contributed by atoms with Crippen molar-refractivity contribution in [3.05, 3.63) is 182 Å². The Kier molecular flexibility index (Phi) is 6.59. The minimum Gasteiger partial charge on any atom is -0.313 e. The zero-order chi connectivity index (χ0) is 33.0. The van der Waals surface area contributed by atoms with E-state index < -0.39 is 0 Å². The zero-order valence-corrected chi connectivity index (χ0v) is 27.3. The summed E-state index contributed by atoms with van der Waals surface area (Å²) in [6.07, 6.45) is 5.59. The van der Waals surface area contributed by atoms with Crippen molar-refractivity contribution < 1.29 is 0 Å². The summed E-state index contributed by atoms with van der Waals surface area (Å²) in [5, 5.41) is 5.01. The lowest BCUT2D eigenvalue weighted by Crippen LogP contribution is -2.12. The third-order valence-corrected chi connectivity index (χ3v) is 10.0. The first-order valence-corrected chi connectivity index (χ1v) is 17.2. The van der Waals surface area contributed by atoms with Gasteiger partial charge in [-0.3, -0.25) is 0 Å². The molecular weight excluding hydrogens is 609 g/mol. The van der Waals surface area contributed by atoms with E-state index in [4.69, 9.17) is 9.97 Å². The van der Waals surface area contributed by atoms with Gasteiger partial charge in [0.25, 0.3) is 0 Å². The number of aromatic nitrogens is 4. The van der Waals surface area contributed by atoms with E-state index in [1.165, 1.54) is 49.3 Å². The molecule has 9 aromatic rings. The Bertz CT molecular complexity index is 2620. The maximum Gasteiger partial charge on any atom is 0.160 e. The van der Waals surface area contributed by atoms with Crippen molar-refractivity contribution in [1.82, 2.24) is 19.1 Å². The summed E-state index contributed by atoms with van der Waals surface area (Å²) in [6.45, 7) is 0. The summed E-state index contributed by atoms with van der Waals surface area (Å²) >= 11 is 0. The van der Waals surface area contributed by atoms with Crippen LogP contribution in [-0.2, 0) is 0 Å². The molecule has 0 bridgehead atoms. The molecule has 50 heavy (non-hydrogen) atoms. The van der Waals surface area contributed by atoms with E-state index in [2.05, 4.69) is 173 Å². The van der Waals surface area contributed by atoms with Crippen molar-refractivity contribution in [1.29, 1.82) is 0 Å². The Hall–Kier alpha value is -6.52. The van der Waals surface area contributed by atoms with Gasteiger partial charge >= 0.3 is 0 Å². The van der Waals surface area contributed by atoms with Crippen molar-refractivity contribution in [3.63, 3.8) is 0 Å². The molecule has 0 amide bonds. The zero-order valence-electron chi connectivity index (χ0n) is 27.3. The molecule has 6 aromatic carbocycles. The van der Waals surface area contributed by atoms with Crippen LogP contribution in [0.15, 0.2) is 176 Å². The first-order chi connectivity index (χ1) is 24.8. The Balaban J connectivity index is 1.25. The van der Waals surface area contributed by atoms with Gasteiger partial charge in [0.05, 0.1) is 33.5 Å². The molecule has 0 saturated carbocycles. The predicted molar refractivity (Wildman–Crippen MR) is 208 cm³/mol. The molecule has 0 radical (unpaired) electrons. The molecule has 4 nitrogen and oxygen atoms in total. The SMILES string of the molecule is C1=C(n2c3ccccc3c3ccccc32)C=C(n2c3ccccc3c3ccccc32)CC1c1cc(-c2ccccc2)nc(-c2ccccc2)n1. The van der Waals surface area contributed by atoms with E-state index in [0.29, 0.717) is 0 Å². The van der Waals surface area contributed by atoms with Crippen LogP contribution in [0.1, 0.15) is 18.0 Å². The number of rotatable bonds is 5. The van der Waals surface area contributed by atoms with Gasteiger partial charge in [0.2, 0.25) is 0 Å². The molecule has 3 heterocycles. The summed E-state index contributed by atoms with van der Waals surface area (Å²) in [5.74, 6) is 0.722. The van der Waals surface area contributed by atoms with Crippen LogP contribution in [0.2, 0.25) is 0 Å². The molecular formula is C46H32N4. The Morgan fingerprint density at radius 3 is 1.46 bits per heavy atom. The van der Waals surface area contributed by atoms with Crippen LogP contribution in [0, 0.1) is 0 Å². The van der Waals surface area contributed by atoms with Crippen LogP contribution in [0.25, 0.3) is 77.7 Å². The summed E-state index contributed by atoms with van der Waals surface area (Å²) < 4.78 is 4.90. The van der Waals surface area contributed by atoms with Gasteiger partial charge in [-0.05, 0) is 36.4 Å². The summed E-state index contributed by atoms with van der Waals surface area (Å²) in [5.41, 5.74) is 11.2. The third-order valence-electron chi connectivity index (χ3n) is 10.0. The number of benzene rings is 6. The van der Waals surface area contributed by atoms with Gasteiger partial charge in [0.15, 0.2) is 5.82 Å². The predicted octanol–water partition coefficient (Wildman–Crippen LogP) is 11.6. The quantitative estimate of drug-likeness (QED) is 0.188. The minimum absolute atomic E-state index is 0.0160. The van der Waals surface area contributed by atoms with Crippen LogP contribution >= 0.6 is 0 Å². The maximum atomic E-state index is 5.33.